The molecule has 0 heterocycles. The van der Waals surface area contributed by atoms with Crippen molar-refractivity contribution in [2.45, 2.75) is 6.92 Å². The second-order valence-electron chi connectivity index (χ2n) is 2.16. The number of benzene rings is 1. The van der Waals surface area contributed by atoms with E-state index in [0.29, 0.717) is 16.4 Å². The summed E-state index contributed by atoms with van der Waals surface area (Å²) < 4.78 is 10.1. The fraction of sp³-hybridized carbons (Fsp3) is 0.250. The molecule has 0 fully saturated rings. The molecular weight excluding hydrogens is 184 g/mol. The van der Waals surface area contributed by atoms with Crippen LogP contribution in [0, 0.1) is 0 Å². The summed E-state index contributed by atoms with van der Waals surface area (Å²) in [6.07, 6.45) is 0. The molecule has 5 radical (unpaired) electrons. The van der Waals surface area contributed by atoms with Crippen molar-refractivity contribution < 1.29 is 8.85 Å². The van der Waals surface area contributed by atoms with Gasteiger partial charge in [0.2, 0.25) is 10.5 Å². The molecule has 0 unspecified atom stereocenters. The average molecular weight is 193 g/mol. The zero-order chi connectivity index (χ0) is 8.81. The first kappa shape index (κ1) is 9.50. The molecule has 61 valence electrons. The Bertz CT molecular complexity index is 198. The van der Waals surface area contributed by atoms with E-state index in [1.54, 1.807) is 0 Å². The van der Waals surface area contributed by atoms with Crippen LogP contribution in [0.25, 0.3) is 0 Å². The average Bonchev–Trinajstić information content (AvgIpc) is 2.09. The van der Waals surface area contributed by atoms with Gasteiger partial charge in [0, 0.05) is 0 Å². The van der Waals surface area contributed by atoms with Gasteiger partial charge in [0.05, 0.1) is 6.61 Å². The smallest absolute Gasteiger partial charge is 0.256 e. The Labute approximate surface area is 78.4 Å². The largest absolute Gasteiger partial charge is 0.494 e. The molecule has 0 saturated carbocycles. The van der Waals surface area contributed by atoms with E-state index in [4.69, 9.17) is 8.85 Å². The highest BCUT2D eigenvalue weighted by atomic mass is 28.3. The van der Waals surface area contributed by atoms with Crippen molar-refractivity contribution in [1.29, 1.82) is 0 Å². The molecule has 1 aromatic rings. The molecule has 0 N–H and O–H groups in total. The lowest BCUT2D eigenvalue weighted by atomic mass is 10.3. The van der Waals surface area contributed by atoms with Gasteiger partial charge in [-0.3, -0.25) is 0 Å². The van der Waals surface area contributed by atoms with Crippen molar-refractivity contribution in [3.63, 3.8) is 0 Å². The Kier molecular flexibility index (Phi) is 4.06. The number of hydrogen-bond acceptors (Lipinski definition) is 2. The van der Waals surface area contributed by atoms with Gasteiger partial charge in [-0.2, -0.15) is 0 Å². The standard InChI is InChI=1S/C8H9O2Si2/c1-2-9-7-3-5-8(6-4-7)12-10-11/h3-6H,2H2,1H3. The molecule has 1 aromatic carbocycles. The molecule has 1 rings (SSSR count). The van der Waals surface area contributed by atoms with Crippen molar-refractivity contribution in [1.82, 2.24) is 0 Å². The molecule has 0 spiro atoms. The lowest BCUT2D eigenvalue weighted by molar-refractivity contribution is 0.340. The van der Waals surface area contributed by atoms with Crippen molar-refractivity contribution in [2.75, 3.05) is 6.61 Å². The monoisotopic (exact) mass is 193 g/mol. The first-order valence-electron chi connectivity index (χ1n) is 3.68. The maximum atomic E-state index is 5.29. The van der Waals surface area contributed by atoms with Crippen molar-refractivity contribution >= 4 is 25.4 Å². The summed E-state index contributed by atoms with van der Waals surface area (Å²) in [6.45, 7) is 2.67. The predicted molar refractivity (Wildman–Crippen MR) is 49.8 cm³/mol. The Hall–Kier alpha value is -0.586. The first-order valence-corrected chi connectivity index (χ1v) is 5.00. The minimum absolute atomic E-state index is 0.344. The minimum Gasteiger partial charge on any atom is -0.494 e. The zero-order valence-corrected chi connectivity index (χ0v) is 8.83. The van der Waals surface area contributed by atoms with Crippen LogP contribution in [0.2, 0.25) is 0 Å². The highest BCUT2D eigenvalue weighted by Crippen LogP contribution is 2.06. The molecule has 0 aliphatic rings. The summed E-state index contributed by atoms with van der Waals surface area (Å²) in [7, 11) is 3.30. The van der Waals surface area contributed by atoms with Crippen LogP contribution in [0.4, 0.5) is 0 Å². The Morgan fingerprint density at radius 2 is 2.00 bits per heavy atom. The number of rotatable bonds is 4. The van der Waals surface area contributed by atoms with E-state index in [2.05, 4.69) is 10.5 Å². The second-order valence-corrected chi connectivity index (χ2v) is 3.76. The summed E-state index contributed by atoms with van der Waals surface area (Å²) in [5, 5.41) is 1.15. The molecule has 12 heavy (non-hydrogen) atoms. The molecule has 0 aliphatic heterocycles. The van der Waals surface area contributed by atoms with Crippen LogP contribution in [0.3, 0.4) is 0 Å². The quantitative estimate of drug-likeness (QED) is 0.646. The van der Waals surface area contributed by atoms with E-state index in [0.717, 1.165) is 10.9 Å². The summed E-state index contributed by atoms with van der Waals surface area (Å²) >= 11 is 0. The van der Waals surface area contributed by atoms with E-state index >= 15 is 0 Å². The Morgan fingerprint density at radius 3 is 2.50 bits per heavy atom. The van der Waals surface area contributed by atoms with Gasteiger partial charge >= 0.3 is 0 Å². The summed E-state index contributed by atoms with van der Waals surface area (Å²) in [6, 6.07) is 7.86. The molecule has 0 saturated heterocycles. The summed E-state index contributed by atoms with van der Waals surface area (Å²) in [5.74, 6) is 0.903. The molecule has 0 amide bonds. The minimum atomic E-state index is 0.344. The maximum absolute atomic E-state index is 5.29. The predicted octanol–water partition coefficient (Wildman–Crippen LogP) is 0.430. The van der Waals surface area contributed by atoms with E-state index in [1.165, 1.54) is 0 Å². The third kappa shape index (κ3) is 2.80. The van der Waals surface area contributed by atoms with Gasteiger partial charge < -0.3 is 8.85 Å². The Morgan fingerprint density at radius 1 is 1.33 bits per heavy atom. The van der Waals surface area contributed by atoms with Crippen molar-refractivity contribution in [3.8, 4) is 5.75 Å². The third-order valence-electron chi connectivity index (χ3n) is 1.33. The van der Waals surface area contributed by atoms with Gasteiger partial charge in [-0.05, 0) is 24.2 Å². The van der Waals surface area contributed by atoms with Crippen LogP contribution >= 0.6 is 0 Å². The van der Waals surface area contributed by atoms with Gasteiger partial charge in [-0.1, -0.05) is 12.1 Å². The summed E-state index contributed by atoms with van der Waals surface area (Å²) in [4.78, 5) is 0. The summed E-state index contributed by atoms with van der Waals surface area (Å²) in [5.41, 5.74) is 0. The van der Waals surface area contributed by atoms with Crippen LogP contribution in [0.1, 0.15) is 6.92 Å². The van der Waals surface area contributed by atoms with Gasteiger partial charge in [0.25, 0.3) is 9.76 Å². The van der Waals surface area contributed by atoms with Crippen molar-refractivity contribution in [2.24, 2.45) is 0 Å². The topological polar surface area (TPSA) is 18.5 Å². The van der Waals surface area contributed by atoms with Crippen LogP contribution in [-0.2, 0) is 4.12 Å². The lowest BCUT2D eigenvalue weighted by Crippen LogP contribution is -2.15. The van der Waals surface area contributed by atoms with Crippen molar-refractivity contribution in [3.05, 3.63) is 24.3 Å². The highest BCUT2D eigenvalue weighted by Gasteiger charge is 1.94. The molecular formula is C8H9O2Si2. The van der Waals surface area contributed by atoms with Crippen LogP contribution in [0.5, 0.6) is 5.75 Å². The van der Waals surface area contributed by atoms with Gasteiger partial charge in [0.1, 0.15) is 5.75 Å². The molecule has 2 nitrogen and oxygen atoms in total. The van der Waals surface area contributed by atoms with E-state index in [1.807, 2.05) is 31.2 Å². The Balaban J connectivity index is 2.58. The molecule has 0 aliphatic carbocycles. The number of hydrogen-bond donors (Lipinski definition) is 0. The fourth-order valence-electron chi connectivity index (χ4n) is 0.845. The van der Waals surface area contributed by atoms with Crippen LogP contribution in [0.15, 0.2) is 24.3 Å². The molecule has 0 aromatic heterocycles. The van der Waals surface area contributed by atoms with Gasteiger partial charge in [-0.15, -0.1) is 0 Å². The zero-order valence-electron chi connectivity index (χ0n) is 6.83. The third-order valence-corrected chi connectivity index (χ3v) is 2.31. The second kappa shape index (κ2) is 5.13. The lowest BCUT2D eigenvalue weighted by Gasteiger charge is -2.02. The molecule has 4 heteroatoms. The van der Waals surface area contributed by atoms with Crippen LogP contribution in [-0.4, -0.2) is 26.9 Å². The first-order chi connectivity index (χ1) is 5.86. The maximum Gasteiger partial charge on any atom is 0.256 e. The van der Waals surface area contributed by atoms with E-state index < -0.39 is 0 Å². The molecule has 0 atom stereocenters. The fourth-order valence-corrected chi connectivity index (χ4v) is 1.62. The molecule has 0 bridgehead atoms. The normalized spacial score (nSPS) is 9.83. The van der Waals surface area contributed by atoms with E-state index in [9.17, 15) is 0 Å². The highest BCUT2D eigenvalue weighted by molar-refractivity contribution is 6.50. The SMILES string of the molecule is CCOc1ccc([Si]O[Si])cc1. The van der Waals surface area contributed by atoms with Gasteiger partial charge in [0.15, 0.2) is 0 Å². The van der Waals surface area contributed by atoms with Crippen LogP contribution < -0.4 is 9.92 Å². The van der Waals surface area contributed by atoms with E-state index in [-0.39, 0.29) is 0 Å². The number of ether oxygens (including phenoxy) is 1. The van der Waals surface area contributed by atoms with Gasteiger partial charge in [-0.25, -0.2) is 0 Å².